The Balaban J connectivity index is 0.00000109. The average molecular weight is 400 g/mol. The molecule has 0 bridgehead atoms. The summed E-state index contributed by atoms with van der Waals surface area (Å²) in [5, 5.41) is 0. The summed E-state index contributed by atoms with van der Waals surface area (Å²) in [4.78, 5) is 1.96. The van der Waals surface area contributed by atoms with E-state index in [4.69, 9.17) is 0 Å². The quantitative estimate of drug-likeness (QED) is 0.531. The predicted molar refractivity (Wildman–Crippen MR) is 109 cm³/mol. The maximum Gasteiger partial charge on any atom is 0.133 e. The molecule has 0 aliphatic carbocycles. The molecule has 0 saturated heterocycles. The fourth-order valence-electron chi connectivity index (χ4n) is 2.81. The van der Waals surface area contributed by atoms with Crippen molar-refractivity contribution in [1.29, 1.82) is 0 Å². The molecule has 0 fully saturated rings. The highest BCUT2D eigenvalue weighted by Gasteiger charge is 2.25. The van der Waals surface area contributed by atoms with E-state index in [1.807, 2.05) is 69.1 Å². The van der Waals surface area contributed by atoms with Gasteiger partial charge in [0, 0.05) is 28.4 Å². The van der Waals surface area contributed by atoms with E-state index in [9.17, 15) is 4.39 Å². The Hall–Kier alpha value is -2.13. The predicted octanol–water partition coefficient (Wildman–Crippen LogP) is 6.89. The number of likely N-dealkylation sites (N-methyl/N-ethyl adjacent to an activating group) is 1. The van der Waals surface area contributed by atoms with Crippen LogP contribution in [0.1, 0.15) is 31.9 Å². The van der Waals surface area contributed by atoms with Crippen molar-refractivity contribution in [2.24, 2.45) is 0 Å². The van der Waals surface area contributed by atoms with Gasteiger partial charge in [0.1, 0.15) is 5.82 Å². The van der Waals surface area contributed by atoms with Crippen molar-refractivity contribution in [2.75, 3.05) is 7.05 Å². The van der Waals surface area contributed by atoms with E-state index in [1.54, 1.807) is 6.07 Å². The van der Waals surface area contributed by atoms with Crippen LogP contribution in [0.15, 0.2) is 76.9 Å². The second-order valence-electron chi connectivity index (χ2n) is 5.56. The SMILES string of the molecule is C=C1C(C)=CC(c2ccccc2)=C(c2c(F)cccc2Br)N1C.CC. The maximum atomic E-state index is 14.6. The summed E-state index contributed by atoms with van der Waals surface area (Å²) in [6, 6.07) is 15.1. The van der Waals surface area contributed by atoms with E-state index in [0.717, 1.165) is 32.6 Å². The standard InChI is InChI=1S/C20H17BrFN.C2H6/c1-13-12-16(15-8-5-4-6-9-15)20(23(3)14(13)2)19-17(21)10-7-11-18(19)22;1-2/h4-12H,2H2,1,3H3;1-2H3. The van der Waals surface area contributed by atoms with Crippen LogP contribution in [-0.2, 0) is 0 Å². The highest BCUT2D eigenvalue weighted by molar-refractivity contribution is 9.10. The summed E-state index contributed by atoms with van der Waals surface area (Å²) >= 11 is 3.49. The zero-order valence-corrected chi connectivity index (χ0v) is 16.7. The number of nitrogens with zero attached hydrogens (tertiary/aromatic N) is 1. The highest BCUT2D eigenvalue weighted by Crippen LogP contribution is 2.41. The lowest BCUT2D eigenvalue weighted by atomic mass is 9.92. The second-order valence-corrected chi connectivity index (χ2v) is 6.41. The van der Waals surface area contributed by atoms with Crippen molar-refractivity contribution in [3.63, 3.8) is 0 Å². The van der Waals surface area contributed by atoms with Crippen molar-refractivity contribution in [3.05, 3.63) is 93.9 Å². The van der Waals surface area contributed by atoms with E-state index < -0.39 is 0 Å². The molecule has 0 saturated carbocycles. The van der Waals surface area contributed by atoms with Gasteiger partial charge in [0.05, 0.1) is 5.70 Å². The lowest BCUT2D eigenvalue weighted by Crippen LogP contribution is -2.22. The third kappa shape index (κ3) is 3.77. The first-order chi connectivity index (χ1) is 12.0. The molecule has 3 rings (SSSR count). The van der Waals surface area contributed by atoms with Crippen LogP contribution in [0.25, 0.3) is 11.3 Å². The Morgan fingerprint density at radius 3 is 2.24 bits per heavy atom. The van der Waals surface area contributed by atoms with Crippen LogP contribution in [0.3, 0.4) is 0 Å². The topological polar surface area (TPSA) is 3.24 Å². The molecule has 1 nitrogen and oxygen atoms in total. The van der Waals surface area contributed by atoms with Gasteiger partial charge >= 0.3 is 0 Å². The van der Waals surface area contributed by atoms with Gasteiger partial charge in [-0.15, -0.1) is 0 Å². The molecule has 0 unspecified atom stereocenters. The molecule has 0 N–H and O–H groups in total. The molecular formula is C22H23BrFN. The number of rotatable bonds is 2. The molecule has 1 heterocycles. The molecule has 0 atom stereocenters. The van der Waals surface area contributed by atoms with E-state index in [2.05, 4.69) is 28.6 Å². The van der Waals surface area contributed by atoms with E-state index in [1.165, 1.54) is 6.07 Å². The summed E-state index contributed by atoms with van der Waals surface area (Å²) in [5.74, 6) is -0.254. The first-order valence-electron chi connectivity index (χ1n) is 8.36. The molecule has 3 heteroatoms. The molecule has 0 spiro atoms. The van der Waals surface area contributed by atoms with Crippen LogP contribution >= 0.6 is 15.9 Å². The van der Waals surface area contributed by atoms with Gasteiger partial charge in [0.2, 0.25) is 0 Å². The first kappa shape index (κ1) is 19.2. The molecule has 2 aromatic rings. The monoisotopic (exact) mass is 399 g/mol. The number of benzene rings is 2. The Morgan fingerprint density at radius 1 is 1.00 bits per heavy atom. The lowest BCUT2D eigenvalue weighted by molar-refractivity contribution is 0.581. The zero-order valence-electron chi connectivity index (χ0n) is 15.1. The molecule has 0 aromatic heterocycles. The minimum atomic E-state index is -0.254. The van der Waals surface area contributed by atoms with Crippen molar-refractivity contribution in [3.8, 4) is 0 Å². The van der Waals surface area contributed by atoms with Gasteiger partial charge in [-0.1, -0.05) is 56.8 Å². The summed E-state index contributed by atoms with van der Waals surface area (Å²) in [6.07, 6.45) is 2.08. The second kappa shape index (κ2) is 8.30. The van der Waals surface area contributed by atoms with Gasteiger partial charge in [0.15, 0.2) is 0 Å². The van der Waals surface area contributed by atoms with Gasteiger partial charge in [-0.25, -0.2) is 4.39 Å². The van der Waals surface area contributed by atoms with E-state index in [-0.39, 0.29) is 5.82 Å². The Morgan fingerprint density at radius 2 is 1.64 bits per heavy atom. The average Bonchev–Trinajstić information content (AvgIpc) is 2.63. The molecule has 0 amide bonds. The third-order valence-corrected chi connectivity index (χ3v) is 4.76. The van der Waals surface area contributed by atoms with Crippen molar-refractivity contribution in [2.45, 2.75) is 20.8 Å². The van der Waals surface area contributed by atoms with E-state index >= 15 is 0 Å². The lowest BCUT2D eigenvalue weighted by Gasteiger charge is -2.32. The first-order valence-corrected chi connectivity index (χ1v) is 9.15. The van der Waals surface area contributed by atoms with Crippen LogP contribution in [0.4, 0.5) is 4.39 Å². The Labute approximate surface area is 158 Å². The molecule has 1 aliphatic rings. The molecule has 2 aromatic carbocycles. The van der Waals surface area contributed by atoms with Gasteiger partial charge in [-0.2, -0.15) is 0 Å². The molecule has 130 valence electrons. The smallest absolute Gasteiger partial charge is 0.133 e. The van der Waals surface area contributed by atoms with Crippen LogP contribution in [0.2, 0.25) is 0 Å². The number of allylic oxidation sites excluding steroid dienone is 3. The van der Waals surface area contributed by atoms with Crippen LogP contribution in [0, 0.1) is 5.82 Å². The number of hydrogen-bond acceptors (Lipinski definition) is 1. The molecule has 0 radical (unpaired) electrons. The summed E-state index contributed by atoms with van der Waals surface area (Å²) in [6.45, 7) is 10.1. The minimum absolute atomic E-state index is 0.254. The fourth-order valence-corrected chi connectivity index (χ4v) is 3.34. The van der Waals surface area contributed by atoms with Crippen LogP contribution < -0.4 is 0 Å². The molecule has 1 aliphatic heterocycles. The molecule has 25 heavy (non-hydrogen) atoms. The maximum absolute atomic E-state index is 14.6. The fraction of sp³-hybridized carbons (Fsp3) is 0.182. The van der Waals surface area contributed by atoms with Crippen molar-refractivity contribution in [1.82, 2.24) is 4.90 Å². The third-order valence-electron chi connectivity index (χ3n) is 4.10. The van der Waals surface area contributed by atoms with Crippen LogP contribution in [-0.4, -0.2) is 11.9 Å². The number of halogens is 2. The minimum Gasteiger partial charge on any atom is -0.344 e. The largest absolute Gasteiger partial charge is 0.344 e. The van der Waals surface area contributed by atoms with Gasteiger partial charge < -0.3 is 4.90 Å². The summed E-state index contributed by atoms with van der Waals surface area (Å²) in [5.41, 5.74) is 5.35. The highest BCUT2D eigenvalue weighted by atomic mass is 79.9. The van der Waals surface area contributed by atoms with Gasteiger partial charge in [-0.3, -0.25) is 0 Å². The van der Waals surface area contributed by atoms with Gasteiger partial charge in [-0.05, 0) is 52.2 Å². The van der Waals surface area contributed by atoms with Crippen LogP contribution in [0.5, 0.6) is 0 Å². The molecular weight excluding hydrogens is 377 g/mol. The Bertz CT molecular complexity index is 814. The number of hydrogen-bond donors (Lipinski definition) is 0. The summed E-state index contributed by atoms with van der Waals surface area (Å²) in [7, 11) is 1.93. The van der Waals surface area contributed by atoms with Gasteiger partial charge in [0.25, 0.3) is 0 Å². The normalized spacial score (nSPS) is 14.1. The van der Waals surface area contributed by atoms with Crippen molar-refractivity contribution >= 4 is 27.2 Å². The van der Waals surface area contributed by atoms with Crippen molar-refractivity contribution < 1.29 is 4.39 Å². The zero-order chi connectivity index (χ0) is 18.6. The Kier molecular flexibility index (Phi) is 6.38. The van der Waals surface area contributed by atoms with E-state index in [0.29, 0.717) is 5.56 Å². The summed E-state index contributed by atoms with van der Waals surface area (Å²) < 4.78 is 15.3.